The van der Waals surface area contributed by atoms with Crippen LogP contribution in [0.15, 0.2) is 61.2 Å². The molecule has 158 valence electrons. The van der Waals surface area contributed by atoms with E-state index >= 15 is 0 Å². The highest BCUT2D eigenvalue weighted by Crippen LogP contribution is 2.33. The number of hydrogen-bond donors (Lipinski definition) is 2. The highest BCUT2D eigenvalue weighted by molar-refractivity contribution is 5.58. The third-order valence-corrected chi connectivity index (χ3v) is 4.89. The molecule has 0 aliphatic carbocycles. The standard InChI is InChI=1S/C21H23N3O3.CH2O2/c25-10-11-27-19-3-1-2-17(13-19)21-23-8-9-24(21)20-15-26-14-18(20)12-16-4-6-22-7-5-16;2-1-3/h1-9,13,18,20,25H,10-12,14-15H2;1H,(H,2,3)/t18-,20+;/m0./s1. The minimum Gasteiger partial charge on any atom is -0.491 e. The molecule has 8 heteroatoms. The first-order valence-corrected chi connectivity index (χ1v) is 9.68. The van der Waals surface area contributed by atoms with Crippen LogP contribution in [0.5, 0.6) is 5.75 Å². The van der Waals surface area contributed by atoms with Gasteiger partial charge in [-0.2, -0.15) is 0 Å². The molecule has 0 radical (unpaired) electrons. The Balaban J connectivity index is 0.000000806. The van der Waals surface area contributed by atoms with Gasteiger partial charge in [0.1, 0.15) is 18.2 Å². The molecule has 3 aromatic rings. The molecule has 1 aromatic carbocycles. The number of pyridine rings is 1. The van der Waals surface area contributed by atoms with Crippen LogP contribution in [-0.2, 0) is 16.0 Å². The number of hydrogen-bond acceptors (Lipinski definition) is 6. The van der Waals surface area contributed by atoms with Gasteiger partial charge < -0.3 is 24.3 Å². The highest BCUT2D eigenvalue weighted by Gasteiger charge is 2.31. The normalized spacial score (nSPS) is 17.8. The van der Waals surface area contributed by atoms with E-state index in [9.17, 15) is 0 Å². The average Bonchev–Trinajstić information content (AvgIpc) is 3.43. The molecule has 1 aliphatic heterocycles. The zero-order valence-electron chi connectivity index (χ0n) is 16.5. The van der Waals surface area contributed by atoms with Gasteiger partial charge in [-0.1, -0.05) is 12.1 Å². The molecule has 2 atom stereocenters. The lowest BCUT2D eigenvalue weighted by atomic mass is 9.95. The Hall–Kier alpha value is -3.23. The zero-order valence-corrected chi connectivity index (χ0v) is 16.5. The van der Waals surface area contributed by atoms with E-state index in [0.29, 0.717) is 12.5 Å². The maximum Gasteiger partial charge on any atom is 0.290 e. The van der Waals surface area contributed by atoms with Crippen LogP contribution >= 0.6 is 0 Å². The second kappa shape index (κ2) is 11.1. The molecule has 0 bridgehead atoms. The Bertz CT molecular complexity index is 916. The van der Waals surface area contributed by atoms with Crippen molar-refractivity contribution in [1.82, 2.24) is 14.5 Å². The van der Waals surface area contributed by atoms with E-state index in [1.165, 1.54) is 5.56 Å². The lowest BCUT2D eigenvalue weighted by Crippen LogP contribution is -2.20. The number of benzene rings is 1. The van der Waals surface area contributed by atoms with Crippen LogP contribution in [0.4, 0.5) is 0 Å². The third kappa shape index (κ3) is 5.43. The summed E-state index contributed by atoms with van der Waals surface area (Å²) in [6, 6.07) is 12.2. The summed E-state index contributed by atoms with van der Waals surface area (Å²) in [7, 11) is 0. The summed E-state index contributed by atoms with van der Waals surface area (Å²) in [6.07, 6.45) is 8.47. The number of rotatable bonds is 7. The molecule has 0 amide bonds. The summed E-state index contributed by atoms with van der Waals surface area (Å²) < 4.78 is 13.6. The van der Waals surface area contributed by atoms with Gasteiger partial charge in [-0.15, -0.1) is 0 Å². The molecule has 1 fully saturated rings. The predicted molar refractivity (Wildman–Crippen MR) is 110 cm³/mol. The molecule has 1 aliphatic rings. The van der Waals surface area contributed by atoms with Crippen LogP contribution in [0, 0.1) is 5.92 Å². The molecular formula is C22H25N3O5. The molecule has 8 nitrogen and oxygen atoms in total. The largest absolute Gasteiger partial charge is 0.491 e. The number of aromatic nitrogens is 3. The molecule has 3 heterocycles. The van der Waals surface area contributed by atoms with E-state index < -0.39 is 0 Å². The summed E-state index contributed by atoms with van der Waals surface area (Å²) in [6.45, 7) is 1.45. The topological polar surface area (TPSA) is 107 Å². The minimum absolute atomic E-state index is 0.00501. The molecule has 2 N–H and O–H groups in total. The van der Waals surface area contributed by atoms with Gasteiger partial charge in [0.05, 0.1) is 25.9 Å². The Morgan fingerprint density at radius 3 is 2.77 bits per heavy atom. The van der Waals surface area contributed by atoms with Crippen LogP contribution in [0.25, 0.3) is 11.4 Å². The maximum absolute atomic E-state index is 8.96. The van der Waals surface area contributed by atoms with Gasteiger partial charge >= 0.3 is 0 Å². The average molecular weight is 411 g/mol. The first kappa shape index (κ1) is 21.5. The van der Waals surface area contributed by atoms with Gasteiger partial charge in [-0.25, -0.2) is 4.98 Å². The van der Waals surface area contributed by atoms with Crippen molar-refractivity contribution in [1.29, 1.82) is 0 Å². The van der Waals surface area contributed by atoms with Gasteiger partial charge in [-0.3, -0.25) is 9.78 Å². The van der Waals surface area contributed by atoms with E-state index in [1.54, 1.807) is 0 Å². The summed E-state index contributed by atoms with van der Waals surface area (Å²) in [5.41, 5.74) is 2.26. The van der Waals surface area contributed by atoms with E-state index in [2.05, 4.69) is 26.7 Å². The molecule has 1 saturated heterocycles. The lowest BCUT2D eigenvalue weighted by molar-refractivity contribution is -0.122. The summed E-state index contributed by atoms with van der Waals surface area (Å²) in [4.78, 5) is 17.0. The quantitative estimate of drug-likeness (QED) is 0.575. The molecule has 0 unspecified atom stereocenters. The predicted octanol–water partition coefficient (Wildman–Crippen LogP) is 2.45. The SMILES string of the molecule is O=CO.OCCOc1cccc(-c2nccn2[C@@H]2COC[C@@H]2Cc2ccncc2)c1. The summed E-state index contributed by atoms with van der Waals surface area (Å²) in [5.74, 6) is 2.01. The smallest absolute Gasteiger partial charge is 0.290 e. The number of ether oxygens (including phenoxy) is 2. The molecule has 0 spiro atoms. The molecule has 4 rings (SSSR count). The number of aliphatic hydroxyl groups excluding tert-OH is 1. The first-order chi connectivity index (χ1) is 14.8. The summed E-state index contributed by atoms with van der Waals surface area (Å²) in [5, 5.41) is 15.8. The monoisotopic (exact) mass is 411 g/mol. The van der Waals surface area contributed by atoms with Crippen LogP contribution in [0.3, 0.4) is 0 Å². The Morgan fingerprint density at radius 1 is 1.20 bits per heavy atom. The van der Waals surface area contributed by atoms with E-state index in [4.69, 9.17) is 24.5 Å². The van der Waals surface area contributed by atoms with Crippen molar-refractivity contribution >= 4 is 6.47 Å². The maximum atomic E-state index is 8.96. The first-order valence-electron chi connectivity index (χ1n) is 9.68. The van der Waals surface area contributed by atoms with Crippen LogP contribution in [0.1, 0.15) is 11.6 Å². The highest BCUT2D eigenvalue weighted by atomic mass is 16.5. The van der Waals surface area contributed by atoms with E-state index in [1.807, 2.05) is 49.1 Å². The second-order valence-electron chi connectivity index (χ2n) is 6.79. The van der Waals surface area contributed by atoms with Gasteiger partial charge in [0.15, 0.2) is 0 Å². The number of imidazole rings is 1. The Labute approximate surface area is 174 Å². The van der Waals surface area contributed by atoms with E-state index in [0.717, 1.165) is 30.2 Å². The van der Waals surface area contributed by atoms with Crippen molar-refractivity contribution in [3.63, 3.8) is 0 Å². The molecular weight excluding hydrogens is 386 g/mol. The van der Waals surface area contributed by atoms with Gasteiger partial charge in [0.2, 0.25) is 0 Å². The van der Waals surface area contributed by atoms with Gasteiger partial charge in [0, 0.05) is 36.3 Å². The van der Waals surface area contributed by atoms with Gasteiger partial charge in [-0.05, 0) is 36.2 Å². The molecule has 2 aromatic heterocycles. The van der Waals surface area contributed by atoms with Crippen molar-refractivity contribution in [3.8, 4) is 17.1 Å². The summed E-state index contributed by atoms with van der Waals surface area (Å²) >= 11 is 0. The number of aliphatic hydroxyl groups is 1. The van der Waals surface area contributed by atoms with Crippen LogP contribution in [0.2, 0.25) is 0 Å². The fourth-order valence-corrected chi connectivity index (χ4v) is 3.60. The Morgan fingerprint density at radius 2 is 2.00 bits per heavy atom. The van der Waals surface area contributed by atoms with Crippen LogP contribution < -0.4 is 4.74 Å². The second-order valence-corrected chi connectivity index (χ2v) is 6.79. The van der Waals surface area contributed by atoms with Crippen molar-refractivity contribution in [2.75, 3.05) is 26.4 Å². The van der Waals surface area contributed by atoms with Crippen molar-refractivity contribution in [2.45, 2.75) is 12.5 Å². The fraction of sp³-hybridized carbons (Fsp3) is 0.318. The van der Waals surface area contributed by atoms with Crippen molar-refractivity contribution < 1.29 is 24.5 Å². The molecule has 0 saturated carbocycles. The number of carboxylic acid groups (broad SMARTS) is 1. The molecule has 30 heavy (non-hydrogen) atoms. The number of nitrogens with zero attached hydrogens (tertiary/aromatic N) is 3. The van der Waals surface area contributed by atoms with Crippen molar-refractivity contribution in [3.05, 3.63) is 66.7 Å². The van der Waals surface area contributed by atoms with Gasteiger partial charge in [0.25, 0.3) is 6.47 Å². The number of carbonyl (C=O) groups is 1. The lowest BCUT2D eigenvalue weighted by Gasteiger charge is -2.21. The Kier molecular flexibility index (Phi) is 7.94. The van der Waals surface area contributed by atoms with Crippen LogP contribution in [-0.4, -0.2) is 57.6 Å². The van der Waals surface area contributed by atoms with Crippen molar-refractivity contribution in [2.24, 2.45) is 5.92 Å². The zero-order chi connectivity index (χ0) is 21.2. The van der Waals surface area contributed by atoms with E-state index in [-0.39, 0.29) is 25.7 Å². The fourth-order valence-electron chi connectivity index (χ4n) is 3.60. The third-order valence-electron chi connectivity index (χ3n) is 4.89. The minimum atomic E-state index is -0.250.